The first-order chi connectivity index (χ1) is 7.11. The molecule has 0 fully saturated rings. The molecular formula is C12H14BrNS. The molecule has 3 heteroatoms. The number of fused-ring (bicyclic) bond motifs is 1. The molecular weight excluding hydrogens is 270 g/mol. The van der Waals surface area contributed by atoms with E-state index in [9.17, 15) is 0 Å². The molecule has 0 radical (unpaired) electrons. The number of halogens is 1. The van der Waals surface area contributed by atoms with Crippen molar-refractivity contribution in [1.29, 1.82) is 0 Å². The van der Waals surface area contributed by atoms with E-state index in [2.05, 4.69) is 53.8 Å². The van der Waals surface area contributed by atoms with Gasteiger partial charge in [-0.05, 0) is 40.0 Å². The monoisotopic (exact) mass is 283 g/mol. The van der Waals surface area contributed by atoms with Crippen molar-refractivity contribution >= 4 is 37.5 Å². The second kappa shape index (κ2) is 4.22. The predicted molar refractivity (Wildman–Crippen MR) is 70.8 cm³/mol. The van der Waals surface area contributed by atoms with Gasteiger partial charge in [-0.2, -0.15) is 0 Å². The summed E-state index contributed by atoms with van der Waals surface area (Å²) in [6.07, 6.45) is 1.07. The van der Waals surface area contributed by atoms with Crippen LogP contribution in [0.3, 0.4) is 0 Å². The zero-order valence-corrected chi connectivity index (χ0v) is 11.6. The van der Waals surface area contributed by atoms with Gasteiger partial charge in [0.2, 0.25) is 0 Å². The van der Waals surface area contributed by atoms with E-state index < -0.39 is 0 Å². The molecule has 0 aliphatic carbocycles. The van der Waals surface area contributed by atoms with Crippen molar-refractivity contribution in [3.8, 4) is 0 Å². The number of thiazole rings is 1. The molecule has 0 amide bonds. The van der Waals surface area contributed by atoms with Crippen molar-refractivity contribution < 1.29 is 0 Å². The molecule has 2 aromatic rings. The summed E-state index contributed by atoms with van der Waals surface area (Å²) in [6, 6.07) is 4.43. The van der Waals surface area contributed by atoms with E-state index in [0.717, 1.165) is 16.4 Å². The SMILES string of the molecule is CCc1cc(Br)c2nc(C(C)C)sc2c1. The second-order valence-electron chi connectivity index (χ2n) is 3.98. The topological polar surface area (TPSA) is 12.9 Å². The predicted octanol–water partition coefficient (Wildman–Crippen LogP) is 4.74. The molecule has 15 heavy (non-hydrogen) atoms. The number of aryl methyl sites for hydroxylation is 1. The van der Waals surface area contributed by atoms with Gasteiger partial charge in [0.1, 0.15) is 0 Å². The summed E-state index contributed by atoms with van der Waals surface area (Å²) in [6.45, 7) is 6.55. The maximum absolute atomic E-state index is 4.66. The first-order valence-corrected chi connectivity index (χ1v) is 6.81. The Morgan fingerprint density at radius 3 is 2.73 bits per heavy atom. The molecule has 0 saturated heterocycles. The van der Waals surface area contributed by atoms with Gasteiger partial charge in [-0.15, -0.1) is 11.3 Å². The van der Waals surface area contributed by atoms with Crippen molar-refractivity contribution in [2.24, 2.45) is 0 Å². The van der Waals surface area contributed by atoms with Crippen LogP contribution in [0.5, 0.6) is 0 Å². The quantitative estimate of drug-likeness (QED) is 0.776. The molecule has 1 heterocycles. The third-order valence-electron chi connectivity index (χ3n) is 2.43. The zero-order chi connectivity index (χ0) is 11.0. The Labute approximate surface area is 103 Å². The van der Waals surface area contributed by atoms with E-state index in [1.54, 1.807) is 0 Å². The number of hydrogen-bond acceptors (Lipinski definition) is 2. The lowest BCUT2D eigenvalue weighted by atomic mass is 10.2. The molecule has 0 atom stereocenters. The van der Waals surface area contributed by atoms with Gasteiger partial charge in [-0.1, -0.05) is 20.8 Å². The average Bonchev–Trinajstić information content (AvgIpc) is 2.61. The second-order valence-corrected chi connectivity index (χ2v) is 5.90. The molecule has 2 rings (SSSR count). The molecule has 0 bridgehead atoms. The van der Waals surface area contributed by atoms with E-state index in [0.29, 0.717) is 5.92 Å². The van der Waals surface area contributed by atoms with Crippen LogP contribution in [0.15, 0.2) is 16.6 Å². The van der Waals surface area contributed by atoms with Crippen LogP contribution in [0.1, 0.15) is 37.3 Å². The summed E-state index contributed by atoms with van der Waals surface area (Å²) >= 11 is 5.40. The third kappa shape index (κ3) is 2.08. The first kappa shape index (κ1) is 11.1. The van der Waals surface area contributed by atoms with Gasteiger partial charge in [-0.25, -0.2) is 4.98 Å². The molecule has 1 aromatic carbocycles. The molecule has 0 saturated carbocycles. The van der Waals surface area contributed by atoms with Crippen molar-refractivity contribution in [2.45, 2.75) is 33.1 Å². The van der Waals surface area contributed by atoms with E-state index >= 15 is 0 Å². The van der Waals surface area contributed by atoms with Gasteiger partial charge in [0.25, 0.3) is 0 Å². The molecule has 80 valence electrons. The van der Waals surface area contributed by atoms with Crippen LogP contribution in [-0.4, -0.2) is 4.98 Å². The normalized spacial score (nSPS) is 11.5. The van der Waals surface area contributed by atoms with Crippen LogP contribution in [0.4, 0.5) is 0 Å². The highest BCUT2D eigenvalue weighted by Crippen LogP contribution is 2.32. The largest absolute Gasteiger partial charge is 0.240 e. The number of nitrogens with zero attached hydrogens (tertiary/aromatic N) is 1. The first-order valence-electron chi connectivity index (χ1n) is 5.20. The van der Waals surface area contributed by atoms with Gasteiger partial charge >= 0.3 is 0 Å². The molecule has 0 spiro atoms. The van der Waals surface area contributed by atoms with E-state index in [-0.39, 0.29) is 0 Å². The number of hydrogen-bond donors (Lipinski definition) is 0. The van der Waals surface area contributed by atoms with Crippen molar-refractivity contribution in [1.82, 2.24) is 4.98 Å². The van der Waals surface area contributed by atoms with E-state index in [4.69, 9.17) is 0 Å². The minimum atomic E-state index is 0.513. The molecule has 0 N–H and O–H groups in total. The highest BCUT2D eigenvalue weighted by Gasteiger charge is 2.10. The lowest BCUT2D eigenvalue weighted by Crippen LogP contribution is -1.84. The smallest absolute Gasteiger partial charge is 0.0964 e. The highest BCUT2D eigenvalue weighted by molar-refractivity contribution is 9.10. The Morgan fingerprint density at radius 1 is 1.40 bits per heavy atom. The summed E-state index contributed by atoms with van der Waals surface area (Å²) in [5.41, 5.74) is 2.48. The van der Waals surface area contributed by atoms with Gasteiger partial charge in [0, 0.05) is 10.4 Å². The van der Waals surface area contributed by atoms with Crippen molar-refractivity contribution in [3.05, 3.63) is 27.2 Å². The van der Waals surface area contributed by atoms with Gasteiger partial charge in [0.15, 0.2) is 0 Å². The third-order valence-corrected chi connectivity index (χ3v) is 4.33. The number of benzene rings is 1. The van der Waals surface area contributed by atoms with Gasteiger partial charge in [0.05, 0.1) is 15.2 Å². The Bertz CT molecular complexity index is 488. The Morgan fingerprint density at radius 2 is 2.13 bits per heavy atom. The minimum Gasteiger partial charge on any atom is -0.240 e. The van der Waals surface area contributed by atoms with Crippen LogP contribution in [0, 0.1) is 0 Å². The van der Waals surface area contributed by atoms with E-state index in [1.165, 1.54) is 15.3 Å². The minimum absolute atomic E-state index is 0.513. The van der Waals surface area contributed by atoms with Crippen LogP contribution >= 0.6 is 27.3 Å². The van der Waals surface area contributed by atoms with Crippen LogP contribution in [-0.2, 0) is 6.42 Å². The van der Waals surface area contributed by atoms with Gasteiger partial charge in [-0.3, -0.25) is 0 Å². The molecule has 1 nitrogen and oxygen atoms in total. The molecule has 0 aliphatic heterocycles. The molecule has 0 unspecified atom stereocenters. The zero-order valence-electron chi connectivity index (χ0n) is 9.17. The number of rotatable bonds is 2. The fourth-order valence-corrected chi connectivity index (χ4v) is 3.30. The summed E-state index contributed by atoms with van der Waals surface area (Å²) in [7, 11) is 0. The lowest BCUT2D eigenvalue weighted by Gasteiger charge is -1.97. The fraction of sp³-hybridized carbons (Fsp3) is 0.417. The summed E-state index contributed by atoms with van der Waals surface area (Å²) < 4.78 is 2.42. The standard InChI is InChI=1S/C12H14BrNS/c1-4-8-5-9(13)11-10(6-8)15-12(14-11)7(2)3/h5-7H,4H2,1-3H3. The highest BCUT2D eigenvalue weighted by atomic mass is 79.9. The number of aromatic nitrogens is 1. The average molecular weight is 284 g/mol. The summed E-state index contributed by atoms with van der Waals surface area (Å²) in [5, 5.41) is 1.22. The Hall–Kier alpha value is -0.410. The maximum Gasteiger partial charge on any atom is 0.0964 e. The Balaban J connectivity index is 2.64. The molecule has 1 aromatic heterocycles. The molecule has 0 aliphatic rings. The van der Waals surface area contributed by atoms with Crippen LogP contribution in [0.2, 0.25) is 0 Å². The van der Waals surface area contributed by atoms with Gasteiger partial charge < -0.3 is 0 Å². The van der Waals surface area contributed by atoms with Crippen LogP contribution < -0.4 is 0 Å². The van der Waals surface area contributed by atoms with E-state index in [1.807, 2.05) is 11.3 Å². The van der Waals surface area contributed by atoms with Crippen LogP contribution in [0.25, 0.3) is 10.2 Å². The fourth-order valence-electron chi connectivity index (χ4n) is 1.51. The van der Waals surface area contributed by atoms with Crippen molar-refractivity contribution in [3.63, 3.8) is 0 Å². The lowest BCUT2D eigenvalue weighted by molar-refractivity contribution is 0.856. The van der Waals surface area contributed by atoms with Crippen molar-refractivity contribution in [2.75, 3.05) is 0 Å². The summed E-state index contributed by atoms with van der Waals surface area (Å²) in [5.74, 6) is 0.513. The summed E-state index contributed by atoms with van der Waals surface area (Å²) in [4.78, 5) is 4.66. The Kier molecular flexibility index (Phi) is 3.12. The maximum atomic E-state index is 4.66.